The minimum atomic E-state index is -3.79. The fraction of sp³-hybridized carbons (Fsp3) is 0.154. The molecule has 1 aromatic heterocycles. The SMILES string of the molecule is Cc1cncc(NS(=O)(=O)c2ccc(F)c(CN)c2)c1. The second-order valence-corrected chi connectivity index (χ2v) is 6.00. The van der Waals surface area contributed by atoms with Gasteiger partial charge in [0, 0.05) is 18.3 Å². The molecule has 2 rings (SSSR count). The van der Waals surface area contributed by atoms with Gasteiger partial charge < -0.3 is 5.73 Å². The monoisotopic (exact) mass is 295 g/mol. The number of halogens is 1. The van der Waals surface area contributed by atoms with Gasteiger partial charge in [0.25, 0.3) is 10.0 Å². The molecular formula is C13H14FN3O2S. The van der Waals surface area contributed by atoms with Crippen LogP contribution in [0.5, 0.6) is 0 Å². The third-order valence-electron chi connectivity index (χ3n) is 2.67. The van der Waals surface area contributed by atoms with Crippen molar-refractivity contribution in [1.29, 1.82) is 0 Å². The number of nitrogens with zero attached hydrogens (tertiary/aromatic N) is 1. The van der Waals surface area contributed by atoms with Crippen LogP contribution < -0.4 is 10.5 Å². The maximum Gasteiger partial charge on any atom is 0.261 e. The summed E-state index contributed by atoms with van der Waals surface area (Å²) in [6.45, 7) is 1.73. The van der Waals surface area contributed by atoms with Crippen molar-refractivity contribution in [3.63, 3.8) is 0 Å². The van der Waals surface area contributed by atoms with Gasteiger partial charge >= 0.3 is 0 Å². The Morgan fingerprint density at radius 1 is 1.30 bits per heavy atom. The third-order valence-corrected chi connectivity index (χ3v) is 4.05. The number of sulfonamides is 1. The van der Waals surface area contributed by atoms with Crippen molar-refractivity contribution < 1.29 is 12.8 Å². The van der Waals surface area contributed by atoms with E-state index in [0.29, 0.717) is 5.69 Å². The highest BCUT2D eigenvalue weighted by Crippen LogP contribution is 2.18. The Kier molecular flexibility index (Phi) is 4.01. The lowest BCUT2D eigenvalue weighted by Gasteiger charge is -2.09. The fourth-order valence-corrected chi connectivity index (χ4v) is 2.78. The Labute approximate surface area is 116 Å². The van der Waals surface area contributed by atoms with Crippen LogP contribution in [-0.4, -0.2) is 13.4 Å². The Morgan fingerprint density at radius 3 is 2.70 bits per heavy atom. The molecule has 7 heteroatoms. The molecule has 0 unspecified atom stereocenters. The molecule has 0 aliphatic carbocycles. The van der Waals surface area contributed by atoms with Crippen LogP contribution in [0.15, 0.2) is 41.6 Å². The summed E-state index contributed by atoms with van der Waals surface area (Å²) >= 11 is 0. The lowest BCUT2D eigenvalue weighted by molar-refractivity contribution is 0.596. The van der Waals surface area contributed by atoms with Crippen LogP contribution in [0.2, 0.25) is 0 Å². The molecule has 5 nitrogen and oxygen atoms in total. The second-order valence-electron chi connectivity index (χ2n) is 4.31. The topological polar surface area (TPSA) is 85.1 Å². The van der Waals surface area contributed by atoms with E-state index in [2.05, 4.69) is 9.71 Å². The standard InChI is InChI=1S/C13H14FN3O2S/c1-9-4-11(8-16-7-9)17-20(18,19)12-2-3-13(14)10(5-12)6-15/h2-5,7-8,17H,6,15H2,1H3. The zero-order valence-electron chi connectivity index (χ0n) is 10.8. The molecule has 0 atom stereocenters. The first-order valence-corrected chi connectivity index (χ1v) is 7.33. The molecule has 0 aliphatic heterocycles. The van der Waals surface area contributed by atoms with Crippen molar-refractivity contribution in [1.82, 2.24) is 4.98 Å². The number of anilines is 1. The quantitative estimate of drug-likeness (QED) is 0.900. The molecule has 3 N–H and O–H groups in total. The van der Waals surface area contributed by atoms with Gasteiger partial charge in [0.05, 0.1) is 16.8 Å². The van der Waals surface area contributed by atoms with Gasteiger partial charge in [-0.2, -0.15) is 0 Å². The number of hydrogen-bond donors (Lipinski definition) is 2. The van der Waals surface area contributed by atoms with Crippen LogP contribution in [0.4, 0.5) is 10.1 Å². The molecule has 0 radical (unpaired) electrons. The van der Waals surface area contributed by atoms with Crippen LogP contribution in [0.25, 0.3) is 0 Å². The molecule has 20 heavy (non-hydrogen) atoms. The van der Waals surface area contributed by atoms with Gasteiger partial charge in [-0.3, -0.25) is 9.71 Å². The molecule has 0 saturated carbocycles. The second kappa shape index (κ2) is 5.56. The van der Waals surface area contributed by atoms with Crippen molar-refractivity contribution in [3.8, 4) is 0 Å². The Hall–Kier alpha value is -1.99. The average Bonchev–Trinajstić information content (AvgIpc) is 2.38. The number of rotatable bonds is 4. The van der Waals surface area contributed by atoms with Crippen molar-refractivity contribution in [3.05, 3.63) is 53.6 Å². The van der Waals surface area contributed by atoms with E-state index in [1.54, 1.807) is 19.2 Å². The van der Waals surface area contributed by atoms with Gasteiger partial charge in [-0.05, 0) is 36.8 Å². The molecule has 0 aliphatic rings. The van der Waals surface area contributed by atoms with Gasteiger partial charge in [0.1, 0.15) is 5.82 Å². The fourth-order valence-electron chi connectivity index (χ4n) is 1.70. The number of aromatic nitrogens is 1. The van der Waals surface area contributed by atoms with E-state index < -0.39 is 15.8 Å². The molecule has 106 valence electrons. The number of aryl methyl sites for hydroxylation is 1. The maximum atomic E-state index is 13.3. The van der Waals surface area contributed by atoms with Gasteiger partial charge in [-0.25, -0.2) is 12.8 Å². The number of benzene rings is 1. The summed E-state index contributed by atoms with van der Waals surface area (Å²) in [5.41, 5.74) is 6.69. The van der Waals surface area contributed by atoms with E-state index in [9.17, 15) is 12.8 Å². The van der Waals surface area contributed by atoms with Gasteiger partial charge in [-0.15, -0.1) is 0 Å². The molecule has 1 aromatic carbocycles. The number of hydrogen-bond acceptors (Lipinski definition) is 4. The Bertz CT molecular complexity index is 732. The zero-order valence-corrected chi connectivity index (χ0v) is 11.6. The summed E-state index contributed by atoms with van der Waals surface area (Å²) < 4.78 is 40.1. The molecular weight excluding hydrogens is 281 g/mol. The molecule has 0 bridgehead atoms. The van der Waals surface area contributed by atoms with Crippen molar-refractivity contribution in [2.24, 2.45) is 5.73 Å². The highest BCUT2D eigenvalue weighted by molar-refractivity contribution is 7.92. The van der Waals surface area contributed by atoms with E-state index in [-0.39, 0.29) is 17.0 Å². The van der Waals surface area contributed by atoms with Crippen molar-refractivity contribution in [2.45, 2.75) is 18.4 Å². The Balaban J connectivity index is 2.35. The van der Waals surface area contributed by atoms with Gasteiger partial charge in [0.15, 0.2) is 0 Å². The molecule has 0 spiro atoms. The highest BCUT2D eigenvalue weighted by Gasteiger charge is 2.16. The van der Waals surface area contributed by atoms with Crippen LogP contribution in [0.3, 0.4) is 0 Å². The smallest absolute Gasteiger partial charge is 0.261 e. The summed E-state index contributed by atoms with van der Waals surface area (Å²) in [5.74, 6) is -0.524. The highest BCUT2D eigenvalue weighted by atomic mass is 32.2. The lowest BCUT2D eigenvalue weighted by atomic mass is 10.2. The van der Waals surface area contributed by atoms with Gasteiger partial charge in [-0.1, -0.05) is 0 Å². The van der Waals surface area contributed by atoms with E-state index in [4.69, 9.17) is 5.73 Å². The minimum absolute atomic E-state index is 0.0409. The van der Waals surface area contributed by atoms with Crippen molar-refractivity contribution in [2.75, 3.05) is 4.72 Å². The molecule has 0 saturated heterocycles. The van der Waals surface area contributed by atoms with Crippen LogP contribution >= 0.6 is 0 Å². The number of nitrogens with two attached hydrogens (primary N) is 1. The normalized spacial score (nSPS) is 11.3. The summed E-state index contributed by atoms with van der Waals surface area (Å²) in [7, 11) is -3.79. The maximum absolute atomic E-state index is 13.3. The van der Waals surface area contributed by atoms with Crippen LogP contribution in [-0.2, 0) is 16.6 Å². The first-order valence-electron chi connectivity index (χ1n) is 5.85. The predicted molar refractivity (Wildman–Crippen MR) is 74.1 cm³/mol. The molecule has 2 aromatic rings. The number of nitrogens with one attached hydrogen (secondary N) is 1. The first-order chi connectivity index (χ1) is 9.42. The number of pyridine rings is 1. The summed E-state index contributed by atoms with van der Waals surface area (Å²) in [5, 5.41) is 0. The molecule has 0 amide bonds. The van der Waals surface area contributed by atoms with E-state index >= 15 is 0 Å². The summed E-state index contributed by atoms with van der Waals surface area (Å²) in [6, 6.07) is 5.16. The van der Waals surface area contributed by atoms with E-state index in [1.165, 1.54) is 18.3 Å². The Morgan fingerprint density at radius 2 is 2.05 bits per heavy atom. The molecule has 1 heterocycles. The average molecular weight is 295 g/mol. The zero-order chi connectivity index (χ0) is 14.8. The summed E-state index contributed by atoms with van der Waals surface area (Å²) in [6.07, 6.45) is 3.01. The van der Waals surface area contributed by atoms with E-state index in [0.717, 1.165) is 11.6 Å². The summed E-state index contributed by atoms with van der Waals surface area (Å²) in [4.78, 5) is 3.86. The minimum Gasteiger partial charge on any atom is -0.326 e. The van der Waals surface area contributed by atoms with E-state index in [1.807, 2.05) is 0 Å². The third kappa shape index (κ3) is 3.12. The van der Waals surface area contributed by atoms with Crippen molar-refractivity contribution >= 4 is 15.7 Å². The lowest BCUT2D eigenvalue weighted by Crippen LogP contribution is -2.14. The van der Waals surface area contributed by atoms with Crippen LogP contribution in [0.1, 0.15) is 11.1 Å². The molecule has 0 fully saturated rings. The first kappa shape index (κ1) is 14.4. The van der Waals surface area contributed by atoms with Crippen LogP contribution in [0, 0.1) is 12.7 Å². The largest absolute Gasteiger partial charge is 0.326 e. The predicted octanol–water partition coefficient (Wildman–Crippen LogP) is 1.79. The van der Waals surface area contributed by atoms with Gasteiger partial charge in [0.2, 0.25) is 0 Å².